The van der Waals surface area contributed by atoms with Crippen LogP contribution in [-0.2, 0) is 9.09 Å². The molecule has 0 spiro atoms. The highest BCUT2D eigenvalue weighted by molar-refractivity contribution is 7.65. The maximum absolute atomic E-state index is 13.6. The van der Waals surface area contributed by atoms with E-state index in [2.05, 4.69) is 25.9 Å². The number of nitrogens with one attached hydrogen (secondary N) is 1. The topological polar surface area (TPSA) is 38.3 Å². The first-order valence-corrected chi connectivity index (χ1v) is 10.6. The third kappa shape index (κ3) is 4.92. The number of hydrogen-bond donors (Lipinski definition) is 1. The molecule has 0 unspecified atom stereocenters. The Morgan fingerprint density at radius 3 is 2.35 bits per heavy atom. The van der Waals surface area contributed by atoms with Crippen LogP contribution in [0.3, 0.4) is 0 Å². The van der Waals surface area contributed by atoms with Gasteiger partial charge in [0.15, 0.2) is 0 Å². The van der Waals surface area contributed by atoms with Crippen molar-refractivity contribution in [2.75, 3.05) is 0 Å². The molecule has 1 saturated carbocycles. The Hall–Kier alpha value is -0.630. The smallest absolute Gasteiger partial charge is 0.300 e. The summed E-state index contributed by atoms with van der Waals surface area (Å²) in [5.74, 6) is 1.67. The van der Waals surface area contributed by atoms with Crippen LogP contribution in [0.5, 0.6) is 0 Å². The molecule has 0 radical (unpaired) electrons. The molecule has 130 valence electrons. The van der Waals surface area contributed by atoms with Crippen molar-refractivity contribution in [1.82, 2.24) is 5.09 Å². The zero-order valence-electron chi connectivity index (χ0n) is 15.2. The van der Waals surface area contributed by atoms with E-state index in [9.17, 15) is 4.57 Å². The lowest BCUT2D eigenvalue weighted by Crippen LogP contribution is -2.37. The van der Waals surface area contributed by atoms with Gasteiger partial charge < -0.3 is 4.52 Å². The van der Waals surface area contributed by atoms with E-state index in [1.807, 2.05) is 44.2 Å². The quantitative estimate of drug-likeness (QED) is 0.744. The highest BCUT2D eigenvalue weighted by Crippen LogP contribution is 2.48. The molecule has 1 aliphatic rings. The van der Waals surface area contributed by atoms with Gasteiger partial charge in [0.2, 0.25) is 0 Å². The summed E-state index contributed by atoms with van der Waals surface area (Å²) in [7, 11) is -3.05. The Kier molecular flexibility index (Phi) is 6.48. The molecule has 1 N–H and O–H groups in total. The highest BCUT2D eigenvalue weighted by atomic mass is 31.2. The van der Waals surface area contributed by atoms with Crippen LogP contribution in [0.1, 0.15) is 53.9 Å². The summed E-state index contributed by atoms with van der Waals surface area (Å²) < 4.78 is 20.0. The molecule has 3 nitrogen and oxygen atoms in total. The fourth-order valence-corrected chi connectivity index (χ4v) is 5.76. The Labute approximate surface area is 141 Å². The van der Waals surface area contributed by atoms with Gasteiger partial charge in [-0.05, 0) is 56.6 Å². The van der Waals surface area contributed by atoms with E-state index in [-0.39, 0.29) is 12.1 Å². The van der Waals surface area contributed by atoms with E-state index >= 15 is 0 Å². The second-order valence-corrected chi connectivity index (χ2v) is 9.73. The van der Waals surface area contributed by atoms with Gasteiger partial charge in [0.25, 0.3) is 7.52 Å². The summed E-state index contributed by atoms with van der Waals surface area (Å²) >= 11 is 0. The fraction of sp³-hybridized carbons (Fsp3) is 0.684. The van der Waals surface area contributed by atoms with Gasteiger partial charge in [0, 0.05) is 6.04 Å². The highest BCUT2D eigenvalue weighted by Gasteiger charge is 2.38. The molecular weight excluding hydrogens is 305 g/mol. The van der Waals surface area contributed by atoms with Crippen molar-refractivity contribution in [2.45, 2.75) is 66.0 Å². The van der Waals surface area contributed by atoms with Crippen LogP contribution in [-0.4, -0.2) is 12.1 Å². The van der Waals surface area contributed by atoms with Gasteiger partial charge in [0.1, 0.15) is 0 Å². The summed E-state index contributed by atoms with van der Waals surface area (Å²) in [6.45, 7) is 10.8. The van der Waals surface area contributed by atoms with Gasteiger partial charge in [-0.2, -0.15) is 0 Å². The summed E-state index contributed by atoms with van der Waals surface area (Å²) in [6.07, 6.45) is 3.48. The number of hydrogen-bond acceptors (Lipinski definition) is 2. The van der Waals surface area contributed by atoms with Crippen molar-refractivity contribution in [3.05, 3.63) is 30.3 Å². The summed E-state index contributed by atoms with van der Waals surface area (Å²) in [5.41, 5.74) is 0. The van der Waals surface area contributed by atoms with Crippen LogP contribution in [0.25, 0.3) is 0 Å². The molecule has 0 aliphatic heterocycles. The standard InChI is InChI=1S/C19H32NO2P/c1-14(2)18-12-11-16(5)13-19(18)22-23(21,20-15(3)4)17-9-7-6-8-10-17/h6-10,14-16,18-19H,11-13H2,1-5H3,(H,20,21)/t16-,18+,19-,23-/m1/s1. The van der Waals surface area contributed by atoms with Gasteiger partial charge in [-0.1, -0.05) is 45.4 Å². The summed E-state index contributed by atoms with van der Waals surface area (Å²) in [4.78, 5) is 0. The van der Waals surface area contributed by atoms with E-state index in [1.54, 1.807) is 0 Å². The average Bonchev–Trinajstić information content (AvgIpc) is 2.47. The molecule has 23 heavy (non-hydrogen) atoms. The Morgan fingerprint density at radius 2 is 1.78 bits per heavy atom. The molecule has 1 aromatic rings. The van der Waals surface area contributed by atoms with Crippen LogP contribution in [0.15, 0.2) is 30.3 Å². The molecule has 0 saturated heterocycles. The molecule has 4 heteroatoms. The van der Waals surface area contributed by atoms with Crippen LogP contribution in [0, 0.1) is 17.8 Å². The lowest BCUT2D eigenvalue weighted by molar-refractivity contribution is 0.0480. The predicted octanol–water partition coefficient (Wildman–Crippen LogP) is 4.98. The molecule has 0 bridgehead atoms. The second-order valence-electron chi connectivity index (χ2n) is 7.64. The molecule has 0 amide bonds. The lowest BCUT2D eigenvalue weighted by Gasteiger charge is -2.39. The normalized spacial score (nSPS) is 28.0. The monoisotopic (exact) mass is 337 g/mol. The van der Waals surface area contributed by atoms with Crippen LogP contribution >= 0.6 is 7.52 Å². The minimum atomic E-state index is -3.05. The van der Waals surface area contributed by atoms with E-state index < -0.39 is 7.52 Å². The predicted molar refractivity (Wildman–Crippen MR) is 98.2 cm³/mol. The average molecular weight is 337 g/mol. The second kappa shape index (κ2) is 7.96. The van der Waals surface area contributed by atoms with E-state index in [0.717, 1.165) is 11.7 Å². The first kappa shape index (κ1) is 18.7. The molecular formula is C19H32NO2P. The lowest BCUT2D eigenvalue weighted by atomic mass is 9.75. The van der Waals surface area contributed by atoms with E-state index in [4.69, 9.17) is 4.52 Å². The Morgan fingerprint density at radius 1 is 1.13 bits per heavy atom. The largest absolute Gasteiger partial charge is 0.311 e. The fourth-order valence-electron chi connectivity index (χ4n) is 3.56. The van der Waals surface area contributed by atoms with Gasteiger partial charge in [0.05, 0.1) is 11.4 Å². The third-order valence-electron chi connectivity index (χ3n) is 4.77. The number of benzene rings is 1. The zero-order chi connectivity index (χ0) is 17.0. The summed E-state index contributed by atoms with van der Waals surface area (Å²) in [6, 6.07) is 9.73. The minimum Gasteiger partial charge on any atom is -0.311 e. The van der Waals surface area contributed by atoms with Crippen molar-refractivity contribution in [1.29, 1.82) is 0 Å². The van der Waals surface area contributed by atoms with E-state index in [1.165, 1.54) is 12.8 Å². The van der Waals surface area contributed by atoms with Gasteiger partial charge in [-0.25, -0.2) is 5.09 Å². The first-order chi connectivity index (χ1) is 10.8. The molecule has 2 rings (SSSR count). The SMILES string of the molecule is CC(C)N[P@](=O)(O[C@@H]1C[C@H](C)CC[C@H]1C(C)C)c1ccccc1. The third-order valence-corrected chi connectivity index (χ3v) is 7.17. The van der Waals surface area contributed by atoms with Crippen LogP contribution in [0.2, 0.25) is 0 Å². The molecule has 1 aromatic carbocycles. The van der Waals surface area contributed by atoms with Gasteiger partial charge in [-0.3, -0.25) is 4.57 Å². The maximum Gasteiger partial charge on any atom is 0.300 e. The number of rotatable bonds is 6. The Bertz CT molecular complexity index is 529. The van der Waals surface area contributed by atoms with Crippen molar-refractivity contribution in [3.63, 3.8) is 0 Å². The zero-order valence-corrected chi connectivity index (χ0v) is 16.1. The first-order valence-electron chi connectivity index (χ1n) is 8.93. The Balaban J connectivity index is 2.27. The molecule has 1 aliphatic carbocycles. The van der Waals surface area contributed by atoms with Crippen molar-refractivity contribution < 1.29 is 9.09 Å². The molecule has 0 aromatic heterocycles. The molecule has 1 fully saturated rings. The van der Waals surface area contributed by atoms with Crippen molar-refractivity contribution >= 4 is 12.8 Å². The molecule has 0 heterocycles. The summed E-state index contributed by atoms with van der Waals surface area (Å²) in [5, 5.41) is 4.00. The molecule has 4 atom stereocenters. The van der Waals surface area contributed by atoms with Crippen LogP contribution in [0.4, 0.5) is 0 Å². The van der Waals surface area contributed by atoms with Gasteiger partial charge in [-0.15, -0.1) is 0 Å². The maximum atomic E-state index is 13.6. The minimum absolute atomic E-state index is 0.0658. The van der Waals surface area contributed by atoms with Crippen LogP contribution < -0.4 is 10.4 Å². The van der Waals surface area contributed by atoms with E-state index in [0.29, 0.717) is 17.8 Å². The van der Waals surface area contributed by atoms with Gasteiger partial charge >= 0.3 is 0 Å². The van der Waals surface area contributed by atoms with Crippen molar-refractivity contribution in [2.24, 2.45) is 17.8 Å². The van der Waals surface area contributed by atoms with Crippen molar-refractivity contribution in [3.8, 4) is 0 Å².